The second kappa shape index (κ2) is 9.52. The van der Waals surface area contributed by atoms with E-state index in [1.807, 2.05) is 36.8 Å². The molecule has 4 aromatic rings. The summed E-state index contributed by atoms with van der Waals surface area (Å²) in [5.41, 5.74) is 5.06. The first-order valence-electron chi connectivity index (χ1n) is 12.2. The first-order valence-corrected chi connectivity index (χ1v) is 12.6. The molecule has 2 aliphatic rings. The maximum absolute atomic E-state index is 14.2. The molecule has 9 heteroatoms. The highest BCUT2D eigenvalue weighted by molar-refractivity contribution is 6.32. The molecule has 0 radical (unpaired) electrons. The first-order chi connectivity index (χ1) is 17.5. The summed E-state index contributed by atoms with van der Waals surface area (Å²) >= 11 is 6.05. The van der Waals surface area contributed by atoms with Crippen LogP contribution in [0.25, 0.3) is 22.0 Å². The summed E-state index contributed by atoms with van der Waals surface area (Å²) in [7, 11) is 0. The van der Waals surface area contributed by atoms with Crippen LogP contribution >= 0.6 is 11.6 Å². The number of phenolic OH excluding ortho intramolecular Hbond substituents is 1. The second-order valence-corrected chi connectivity index (χ2v) is 9.87. The van der Waals surface area contributed by atoms with Crippen LogP contribution in [0.4, 0.5) is 21.7 Å². The molecule has 1 aliphatic heterocycles. The molecule has 2 fully saturated rings. The number of fused-ring (bicyclic) bond motifs is 1. The zero-order valence-electron chi connectivity index (χ0n) is 19.6. The van der Waals surface area contributed by atoms with Gasteiger partial charge in [0.2, 0.25) is 5.95 Å². The quantitative estimate of drug-likeness (QED) is 0.328. The van der Waals surface area contributed by atoms with Crippen LogP contribution in [0.3, 0.4) is 0 Å². The summed E-state index contributed by atoms with van der Waals surface area (Å²) in [6.07, 6.45) is 8.97. The topological polar surface area (TPSA) is 86.2 Å². The van der Waals surface area contributed by atoms with Crippen LogP contribution in [0, 0.1) is 11.7 Å². The number of nitrogens with zero attached hydrogens (tertiary/aromatic N) is 4. The number of benzene rings is 2. The minimum absolute atomic E-state index is 0.0224. The Morgan fingerprint density at radius 3 is 2.53 bits per heavy atom. The van der Waals surface area contributed by atoms with Crippen LogP contribution in [0.5, 0.6) is 5.75 Å². The van der Waals surface area contributed by atoms with Crippen molar-refractivity contribution in [2.75, 3.05) is 36.4 Å². The molecular formula is C27H26ClFN6O. The van der Waals surface area contributed by atoms with E-state index in [1.165, 1.54) is 18.9 Å². The fourth-order valence-corrected chi connectivity index (χ4v) is 4.85. The number of hydrogen-bond donors (Lipinski definition) is 3. The molecule has 6 rings (SSSR count). The van der Waals surface area contributed by atoms with Crippen LogP contribution in [0.15, 0.2) is 48.9 Å². The second-order valence-electron chi connectivity index (χ2n) is 9.46. The van der Waals surface area contributed by atoms with E-state index in [9.17, 15) is 9.50 Å². The molecule has 0 atom stereocenters. The molecule has 1 saturated heterocycles. The molecular weight excluding hydrogens is 479 g/mol. The molecule has 36 heavy (non-hydrogen) atoms. The fourth-order valence-electron chi connectivity index (χ4n) is 4.64. The molecule has 3 N–H and O–H groups in total. The Morgan fingerprint density at radius 1 is 1.03 bits per heavy atom. The Morgan fingerprint density at radius 2 is 1.81 bits per heavy atom. The lowest BCUT2D eigenvalue weighted by atomic mass is 9.99. The van der Waals surface area contributed by atoms with E-state index in [4.69, 9.17) is 16.6 Å². The van der Waals surface area contributed by atoms with Gasteiger partial charge in [-0.25, -0.2) is 14.4 Å². The highest BCUT2D eigenvalue weighted by atomic mass is 35.5. The maximum atomic E-state index is 14.2. The molecule has 2 aromatic heterocycles. The van der Waals surface area contributed by atoms with Gasteiger partial charge in [-0.1, -0.05) is 17.7 Å². The number of rotatable bonds is 6. The van der Waals surface area contributed by atoms with E-state index >= 15 is 0 Å². The number of piperazine rings is 1. The summed E-state index contributed by atoms with van der Waals surface area (Å²) in [5, 5.41) is 17.5. The predicted molar refractivity (Wildman–Crippen MR) is 141 cm³/mol. The summed E-state index contributed by atoms with van der Waals surface area (Å²) in [5.74, 6) is 0.108. The Labute approximate surface area is 213 Å². The van der Waals surface area contributed by atoms with Gasteiger partial charge in [0.15, 0.2) is 11.6 Å². The Bertz CT molecular complexity index is 1400. The minimum Gasteiger partial charge on any atom is -0.504 e. The molecule has 2 aromatic carbocycles. The maximum Gasteiger partial charge on any atom is 0.225 e. The molecule has 1 saturated carbocycles. The van der Waals surface area contributed by atoms with Gasteiger partial charge in [-0.3, -0.25) is 4.98 Å². The number of aromatic nitrogens is 3. The lowest BCUT2D eigenvalue weighted by Gasteiger charge is -2.27. The van der Waals surface area contributed by atoms with Crippen molar-refractivity contribution in [1.82, 2.24) is 20.3 Å². The summed E-state index contributed by atoms with van der Waals surface area (Å²) < 4.78 is 14.2. The average Bonchev–Trinajstić information content (AvgIpc) is 3.73. The van der Waals surface area contributed by atoms with E-state index in [-0.39, 0.29) is 5.02 Å². The van der Waals surface area contributed by atoms with Crippen molar-refractivity contribution in [3.8, 4) is 16.9 Å². The van der Waals surface area contributed by atoms with Crippen molar-refractivity contribution < 1.29 is 9.50 Å². The van der Waals surface area contributed by atoms with Gasteiger partial charge in [-0.05, 0) is 66.1 Å². The number of anilines is 3. The van der Waals surface area contributed by atoms with Crippen LogP contribution < -0.4 is 15.5 Å². The van der Waals surface area contributed by atoms with Crippen molar-refractivity contribution in [2.24, 2.45) is 5.92 Å². The van der Waals surface area contributed by atoms with Gasteiger partial charge in [-0.15, -0.1) is 0 Å². The van der Waals surface area contributed by atoms with Gasteiger partial charge in [0.05, 0.1) is 34.3 Å². The molecule has 184 valence electrons. The Kier molecular flexibility index (Phi) is 6.07. The van der Waals surface area contributed by atoms with Gasteiger partial charge >= 0.3 is 0 Å². The van der Waals surface area contributed by atoms with E-state index in [1.54, 1.807) is 6.07 Å². The van der Waals surface area contributed by atoms with Crippen LogP contribution in [0.2, 0.25) is 5.02 Å². The molecule has 3 heterocycles. The fraction of sp³-hybridized carbons (Fsp3) is 0.296. The van der Waals surface area contributed by atoms with Crippen molar-refractivity contribution in [3.05, 3.63) is 65.3 Å². The van der Waals surface area contributed by atoms with Gasteiger partial charge in [0, 0.05) is 37.8 Å². The smallest absolute Gasteiger partial charge is 0.225 e. The lowest BCUT2D eigenvalue weighted by Crippen LogP contribution is -2.44. The standard InChI is InChI=1S/C27H26ClFN6O/c28-22-11-18(12-23(29)26(22)36)17-3-4-24-21(10-17)25(19(13-31-24)9-16-1-2-16)34-20-14-32-27(33-15-20)35-7-5-30-6-8-35/h3-4,10-16,30,36H,1-2,5-9H2,(H,31,34). The number of aromatic hydroxyl groups is 1. The van der Waals surface area contributed by atoms with Gasteiger partial charge in [0.1, 0.15) is 0 Å². The molecule has 0 unspecified atom stereocenters. The van der Waals surface area contributed by atoms with Crippen molar-refractivity contribution >= 4 is 39.8 Å². The minimum atomic E-state index is -0.752. The number of pyridine rings is 1. The van der Waals surface area contributed by atoms with E-state index < -0.39 is 11.6 Å². The third-order valence-electron chi connectivity index (χ3n) is 6.81. The summed E-state index contributed by atoms with van der Waals surface area (Å²) in [4.78, 5) is 16.1. The first kappa shape index (κ1) is 22.9. The third-order valence-corrected chi connectivity index (χ3v) is 7.10. The highest BCUT2D eigenvalue weighted by Gasteiger charge is 2.24. The predicted octanol–water partition coefficient (Wildman–Crippen LogP) is 5.30. The number of halogens is 2. The molecule has 0 amide bonds. The number of phenols is 1. The summed E-state index contributed by atoms with van der Waals surface area (Å²) in [6.45, 7) is 3.63. The number of nitrogens with one attached hydrogen (secondary N) is 2. The van der Waals surface area contributed by atoms with Crippen molar-refractivity contribution in [2.45, 2.75) is 19.3 Å². The van der Waals surface area contributed by atoms with Gasteiger partial charge in [-0.2, -0.15) is 0 Å². The molecule has 1 aliphatic carbocycles. The third kappa shape index (κ3) is 4.66. The van der Waals surface area contributed by atoms with Crippen LogP contribution in [-0.2, 0) is 6.42 Å². The molecule has 0 bridgehead atoms. The largest absolute Gasteiger partial charge is 0.504 e. The monoisotopic (exact) mass is 504 g/mol. The average molecular weight is 505 g/mol. The molecule has 0 spiro atoms. The lowest BCUT2D eigenvalue weighted by molar-refractivity contribution is 0.433. The Balaban J connectivity index is 1.39. The zero-order chi connectivity index (χ0) is 24.6. The Hall–Kier alpha value is -3.49. The zero-order valence-corrected chi connectivity index (χ0v) is 20.4. The SMILES string of the molecule is Oc1c(F)cc(-c2ccc3ncc(CC4CC4)c(Nc4cnc(N5CCNCC5)nc4)c3c2)cc1Cl. The number of hydrogen-bond acceptors (Lipinski definition) is 7. The van der Waals surface area contributed by atoms with Gasteiger partial charge in [0.25, 0.3) is 0 Å². The highest BCUT2D eigenvalue weighted by Crippen LogP contribution is 2.39. The summed E-state index contributed by atoms with van der Waals surface area (Å²) in [6, 6.07) is 8.64. The molecule has 7 nitrogen and oxygen atoms in total. The normalized spacial score (nSPS) is 15.9. The van der Waals surface area contributed by atoms with Gasteiger partial charge < -0.3 is 20.6 Å². The van der Waals surface area contributed by atoms with E-state index in [0.29, 0.717) is 11.5 Å². The van der Waals surface area contributed by atoms with Crippen molar-refractivity contribution in [3.63, 3.8) is 0 Å². The van der Waals surface area contributed by atoms with Crippen LogP contribution in [-0.4, -0.2) is 46.2 Å². The van der Waals surface area contributed by atoms with E-state index in [0.717, 1.165) is 72.0 Å². The van der Waals surface area contributed by atoms with E-state index in [2.05, 4.69) is 25.5 Å². The van der Waals surface area contributed by atoms with Crippen LogP contribution in [0.1, 0.15) is 18.4 Å². The van der Waals surface area contributed by atoms with Crippen molar-refractivity contribution in [1.29, 1.82) is 0 Å².